The molecule has 0 bridgehead atoms. The molecule has 5 nitrogen and oxygen atoms in total. The number of Topliss-reactive ketones (excluding diaryl/α,β-unsaturated/α-hetero) is 1. The van der Waals surface area contributed by atoms with Crippen molar-refractivity contribution in [2.24, 2.45) is 5.92 Å². The number of allylic oxidation sites excluding steroid dienone is 4. The molecule has 1 unspecified atom stereocenters. The largest absolute Gasteiger partial charge is 0.504 e. The molecular weight excluding hydrogens is 368 g/mol. The molecule has 2 rings (SSSR count). The molecule has 29 heavy (non-hydrogen) atoms. The summed E-state index contributed by atoms with van der Waals surface area (Å²) in [6.45, 7) is 2.13. The molecule has 2 atom stereocenters. The Labute approximate surface area is 172 Å². The average molecular weight is 401 g/mol. The lowest BCUT2D eigenvalue weighted by Crippen LogP contribution is -2.02. The van der Waals surface area contributed by atoms with E-state index in [1.54, 1.807) is 0 Å². The number of aliphatic hydroxyl groups excluding tert-OH is 2. The van der Waals surface area contributed by atoms with E-state index >= 15 is 0 Å². The maximum Gasteiger partial charge on any atom is 0.303 e. The molecule has 0 amide bonds. The number of hydrogen-bond donors (Lipinski definition) is 3. The molecule has 0 radical (unpaired) electrons. The molecule has 0 aromatic heterocycles. The van der Waals surface area contributed by atoms with Crippen LogP contribution < -0.4 is 0 Å². The van der Waals surface area contributed by atoms with Crippen LogP contribution in [0.5, 0.6) is 0 Å². The molecule has 158 valence electrons. The SMILES string of the molecule is CCCCCC(O)c1cccc(C2=C(O)C(=O)C[C@@H]2C/C=C\CCCC(=O)O)c1. The minimum absolute atomic E-state index is 0.106. The molecule has 1 aliphatic rings. The van der Waals surface area contributed by atoms with Crippen molar-refractivity contribution in [1.29, 1.82) is 0 Å². The van der Waals surface area contributed by atoms with Gasteiger partial charge in [-0.05, 0) is 48.8 Å². The third kappa shape index (κ3) is 6.86. The monoisotopic (exact) mass is 400 g/mol. The van der Waals surface area contributed by atoms with E-state index in [-0.39, 0.29) is 30.3 Å². The number of aliphatic carboxylic acids is 1. The van der Waals surface area contributed by atoms with Gasteiger partial charge in [0.25, 0.3) is 0 Å². The van der Waals surface area contributed by atoms with Crippen LogP contribution in [0.25, 0.3) is 5.57 Å². The summed E-state index contributed by atoms with van der Waals surface area (Å²) in [5.41, 5.74) is 2.23. The Balaban J connectivity index is 2.07. The first-order valence-electron chi connectivity index (χ1n) is 10.6. The van der Waals surface area contributed by atoms with E-state index in [4.69, 9.17) is 5.11 Å². The van der Waals surface area contributed by atoms with Crippen LogP contribution in [-0.2, 0) is 9.59 Å². The summed E-state index contributed by atoms with van der Waals surface area (Å²) in [6, 6.07) is 7.49. The normalized spacial score (nSPS) is 18.0. The number of hydrogen-bond acceptors (Lipinski definition) is 4. The number of carbonyl (C=O) groups is 2. The summed E-state index contributed by atoms with van der Waals surface area (Å²) in [6.07, 6.45) is 9.48. The molecule has 1 aliphatic carbocycles. The predicted octanol–water partition coefficient (Wildman–Crippen LogP) is 5.36. The van der Waals surface area contributed by atoms with Crippen LogP contribution in [0, 0.1) is 5.92 Å². The molecule has 0 heterocycles. The van der Waals surface area contributed by atoms with Crippen molar-refractivity contribution in [3.05, 3.63) is 53.3 Å². The molecular formula is C24H32O5. The number of benzene rings is 1. The van der Waals surface area contributed by atoms with Crippen LogP contribution >= 0.6 is 0 Å². The zero-order valence-electron chi connectivity index (χ0n) is 17.1. The van der Waals surface area contributed by atoms with Gasteiger partial charge in [0.2, 0.25) is 0 Å². The highest BCUT2D eigenvalue weighted by atomic mass is 16.4. The minimum atomic E-state index is -0.799. The maximum absolute atomic E-state index is 12.1. The molecule has 0 aliphatic heterocycles. The topological polar surface area (TPSA) is 94.8 Å². The lowest BCUT2D eigenvalue weighted by atomic mass is 9.90. The maximum atomic E-state index is 12.1. The quantitative estimate of drug-likeness (QED) is 0.324. The summed E-state index contributed by atoms with van der Waals surface area (Å²) in [7, 11) is 0. The third-order valence-electron chi connectivity index (χ3n) is 5.37. The fourth-order valence-electron chi connectivity index (χ4n) is 3.76. The lowest BCUT2D eigenvalue weighted by molar-refractivity contribution is -0.137. The van der Waals surface area contributed by atoms with E-state index in [1.165, 1.54) is 0 Å². The minimum Gasteiger partial charge on any atom is -0.504 e. The van der Waals surface area contributed by atoms with Gasteiger partial charge < -0.3 is 15.3 Å². The first-order valence-corrected chi connectivity index (χ1v) is 10.6. The number of unbranched alkanes of at least 4 members (excludes halogenated alkanes) is 3. The number of carboxylic acid groups (broad SMARTS) is 1. The Hall–Kier alpha value is -2.40. The molecule has 1 aromatic carbocycles. The smallest absolute Gasteiger partial charge is 0.303 e. The highest BCUT2D eigenvalue weighted by Gasteiger charge is 2.32. The second kappa shape index (κ2) is 11.6. The van der Waals surface area contributed by atoms with Crippen molar-refractivity contribution in [3.8, 4) is 0 Å². The number of carboxylic acids is 1. The zero-order valence-corrected chi connectivity index (χ0v) is 17.1. The molecule has 0 fully saturated rings. The van der Waals surface area contributed by atoms with Gasteiger partial charge >= 0.3 is 5.97 Å². The van der Waals surface area contributed by atoms with Gasteiger partial charge in [-0.25, -0.2) is 0 Å². The Morgan fingerprint density at radius 3 is 2.76 bits per heavy atom. The first kappa shape index (κ1) is 22.9. The number of rotatable bonds is 12. The number of aliphatic hydroxyl groups is 2. The number of carbonyl (C=O) groups excluding carboxylic acids is 1. The van der Waals surface area contributed by atoms with Gasteiger partial charge in [0.1, 0.15) is 0 Å². The molecule has 0 saturated heterocycles. The summed E-state index contributed by atoms with van der Waals surface area (Å²) in [5.74, 6) is -1.33. The van der Waals surface area contributed by atoms with Crippen molar-refractivity contribution in [2.75, 3.05) is 0 Å². The molecule has 0 spiro atoms. The van der Waals surface area contributed by atoms with Crippen molar-refractivity contribution >= 4 is 17.3 Å². The lowest BCUT2D eigenvalue weighted by Gasteiger charge is -2.16. The standard InChI is InChI=1S/C24H32O5/c1-2-3-6-13-20(25)17-11-9-12-18(15-17)23-19(16-21(26)24(23)29)10-7-4-5-8-14-22(27)28/h4,7,9,11-12,15,19-20,25,29H,2-3,5-6,8,10,13-14,16H2,1H3,(H,27,28)/b7-4-/t19-,20?/m0/s1. The summed E-state index contributed by atoms with van der Waals surface area (Å²) >= 11 is 0. The summed E-state index contributed by atoms with van der Waals surface area (Å²) in [4.78, 5) is 22.7. The van der Waals surface area contributed by atoms with Gasteiger partial charge in [0.05, 0.1) is 6.10 Å². The van der Waals surface area contributed by atoms with Crippen molar-refractivity contribution < 1.29 is 24.9 Å². The Bertz CT molecular complexity index is 762. The van der Waals surface area contributed by atoms with Crippen molar-refractivity contribution in [2.45, 2.75) is 70.8 Å². The van der Waals surface area contributed by atoms with E-state index < -0.39 is 12.1 Å². The Kier molecular flexibility index (Phi) is 9.13. The van der Waals surface area contributed by atoms with Gasteiger partial charge in [-0.15, -0.1) is 0 Å². The molecule has 5 heteroatoms. The van der Waals surface area contributed by atoms with Crippen LogP contribution in [0.1, 0.15) is 81.9 Å². The van der Waals surface area contributed by atoms with Crippen LogP contribution in [-0.4, -0.2) is 27.1 Å². The van der Waals surface area contributed by atoms with Gasteiger partial charge in [-0.1, -0.05) is 56.5 Å². The molecule has 1 aromatic rings. The van der Waals surface area contributed by atoms with E-state index in [0.717, 1.165) is 30.4 Å². The van der Waals surface area contributed by atoms with Crippen molar-refractivity contribution in [1.82, 2.24) is 0 Å². The fourth-order valence-corrected chi connectivity index (χ4v) is 3.76. The van der Waals surface area contributed by atoms with E-state index in [9.17, 15) is 19.8 Å². The first-order chi connectivity index (χ1) is 13.9. The van der Waals surface area contributed by atoms with Crippen LogP contribution in [0.2, 0.25) is 0 Å². The van der Waals surface area contributed by atoms with Crippen LogP contribution in [0.4, 0.5) is 0 Å². The number of ketones is 1. The van der Waals surface area contributed by atoms with Gasteiger partial charge in [-0.2, -0.15) is 0 Å². The second-order valence-corrected chi connectivity index (χ2v) is 7.72. The molecule has 0 saturated carbocycles. The second-order valence-electron chi connectivity index (χ2n) is 7.72. The zero-order chi connectivity index (χ0) is 21.2. The molecule has 3 N–H and O–H groups in total. The predicted molar refractivity (Wildman–Crippen MR) is 113 cm³/mol. The highest BCUT2D eigenvalue weighted by Crippen LogP contribution is 2.39. The third-order valence-corrected chi connectivity index (χ3v) is 5.37. The Morgan fingerprint density at radius 1 is 1.24 bits per heavy atom. The van der Waals surface area contributed by atoms with E-state index in [1.807, 2.05) is 36.4 Å². The van der Waals surface area contributed by atoms with Gasteiger partial charge in [-0.3, -0.25) is 9.59 Å². The average Bonchev–Trinajstić information content (AvgIpc) is 2.98. The fraction of sp³-hybridized carbons (Fsp3) is 0.500. The highest BCUT2D eigenvalue weighted by molar-refractivity contribution is 6.05. The van der Waals surface area contributed by atoms with Crippen molar-refractivity contribution in [3.63, 3.8) is 0 Å². The van der Waals surface area contributed by atoms with E-state index in [2.05, 4.69) is 6.92 Å². The summed E-state index contributed by atoms with van der Waals surface area (Å²) < 4.78 is 0. The van der Waals surface area contributed by atoms with Gasteiger partial charge in [0.15, 0.2) is 11.5 Å². The van der Waals surface area contributed by atoms with Crippen LogP contribution in [0.15, 0.2) is 42.2 Å². The van der Waals surface area contributed by atoms with Crippen LogP contribution in [0.3, 0.4) is 0 Å². The summed E-state index contributed by atoms with van der Waals surface area (Å²) in [5, 5.41) is 29.5. The van der Waals surface area contributed by atoms with E-state index in [0.29, 0.717) is 31.3 Å². The Morgan fingerprint density at radius 2 is 2.03 bits per heavy atom. The van der Waals surface area contributed by atoms with Gasteiger partial charge in [0, 0.05) is 18.4 Å².